The summed E-state index contributed by atoms with van der Waals surface area (Å²) in [5, 5.41) is 0.670. The average molecular weight is 1560 g/mol. The van der Waals surface area contributed by atoms with Gasteiger partial charge in [-0.2, -0.15) is 9.90 Å². The summed E-state index contributed by atoms with van der Waals surface area (Å²) in [5.74, 6) is 0. The Balaban J connectivity index is 0.000000211. The van der Waals surface area contributed by atoms with Crippen LogP contribution in [0.15, 0.2) is 243 Å². The number of anilines is 12. The van der Waals surface area contributed by atoms with E-state index in [1.165, 1.54) is 140 Å². The molecule has 12 aromatic rings. The van der Waals surface area contributed by atoms with Crippen molar-refractivity contribution in [3.63, 3.8) is 0 Å². The van der Waals surface area contributed by atoms with Gasteiger partial charge in [0.05, 0.1) is 27.8 Å². The molecule has 0 spiro atoms. The van der Waals surface area contributed by atoms with Gasteiger partial charge >= 0.3 is 0 Å². The molecule has 115 heavy (non-hydrogen) atoms. The van der Waals surface area contributed by atoms with E-state index in [-0.39, 0.29) is 59.9 Å². The summed E-state index contributed by atoms with van der Waals surface area (Å²) in [6.45, 7) is 63.9. The summed E-state index contributed by atoms with van der Waals surface area (Å²) in [7, 11) is 0. The number of hydrogen-bond donors (Lipinski definition) is 0. The molecule has 12 aromatic carbocycles. The lowest BCUT2D eigenvalue weighted by atomic mass is 9.33. The highest BCUT2D eigenvalue weighted by molar-refractivity contribution is 7.00. The first-order chi connectivity index (χ1) is 53.1. The maximum Gasteiger partial charge on any atom is 0.252 e. The molecule has 1 atom stereocenters. The second-order valence-corrected chi connectivity index (χ2v) is 41.4. The Hall–Kier alpha value is -9.38. The molecule has 2 aliphatic heterocycles. The van der Waals surface area contributed by atoms with E-state index in [0.29, 0.717) is 5.02 Å². The summed E-state index contributed by atoms with van der Waals surface area (Å²) in [5.41, 5.74) is 38.1. The van der Waals surface area contributed by atoms with Gasteiger partial charge in [-0.25, -0.2) is 0 Å². The normalized spacial score (nSPS) is 13.1. The minimum atomic E-state index is -0.0333. The second-order valence-electron chi connectivity index (χ2n) is 41.0. The summed E-state index contributed by atoms with van der Waals surface area (Å²) < 4.78 is 0. The van der Waals surface area contributed by atoms with Crippen molar-refractivity contribution in [3.8, 4) is 22.3 Å². The Bertz CT molecular complexity index is 5480. The van der Waals surface area contributed by atoms with Crippen molar-refractivity contribution >= 4 is 113 Å². The summed E-state index contributed by atoms with van der Waals surface area (Å²) in [6, 6.07) is 92.4. The van der Waals surface area contributed by atoms with E-state index in [1.807, 2.05) is 0 Å². The van der Waals surface area contributed by atoms with Crippen LogP contribution in [0.3, 0.4) is 0 Å². The lowest BCUT2D eigenvalue weighted by Gasteiger charge is -2.45. The van der Waals surface area contributed by atoms with Crippen molar-refractivity contribution in [2.24, 2.45) is 0 Å². The first kappa shape index (κ1) is 85.0. The molecule has 0 saturated carbocycles. The molecule has 0 saturated heterocycles. The number of halogens is 1. The van der Waals surface area contributed by atoms with Crippen molar-refractivity contribution in [1.82, 2.24) is 0 Å². The topological polar surface area (TPSA) is 13.0 Å². The molecule has 594 valence electrons. The number of rotatable bonds is 10. The van der Waals surface area contributed by atoms with E-state index in [4.69, 9.17) is 11.6 Å². The third-order valence-corrected chi connectivity index (χ3v) is 23.8. The number of nitrogens with zero attached hydrogens (tertiary/aromatic N) is 4. The lowest BCUT2D eigenvalue weighted by molar-refractivity contribution is 0.590. The minimum absolute atomic E-state index is 0. The van der Waals surface area contributed by atoms with Crippen molar-refractivity contribution in [3.05, 3.63) is 314 Å². The number of benzene rings is 12. The molecule has 0 aliphatic carbocycles. The van der Waals surface area contributed by atoms with Gasteiger partial charge in [-0.05, 0) is 252 Å². The predicted octanol–water partition coefficient (Wildman–Crippen LogP) is 30.1. The Morgan fingerprint density at radius 3 is 0.948 bits per heavy atom. The summed E-state index contributed by atoms with van der Waals surface area (Å²) in [6.07, 6.45) is 0. The van der Waals surface area contributed by atoms with Crippen LogP contribution in [-0.2, 0) is 43.3 Å². The van der Waals surface area contributed by atoms with Gasteiger partial charge in [0.25, 0.3) is 6.71 Å². The van der Waals surface area contributed by atoms with Gasteiger partial charge in [0.2, 0.25) is 0 Å². The van der Waals surface area contributed by atoms with Crippen LogP contribution in [-0.4, -0.2) is 6.71 Å². The van der Waals surface area contributed by atoms with E-state index >= 15 is 0 Å². The largest absolute Gasteiger partial charge is 0.311 e. The maximum absolute atomic E-state index is 7.88. The van der Waals surface area contributed by atoms with Crippen molar-refractivity contribution in [2.45, 2.75) is 237 Å². The first-order valence-electron chi connectivity index (χ1n) is 41.4. The van der Waals surface area contributed by atoms with Crippen LogP contribution in [0.4, 0.5) is 68.2 Å². The smallest absolute Gasteiger partial charge is 0.252 e. The molecule has 0 radical (unpaired) electrons. The second kappa shape index (κ2) is 31.2. The fourth-order valence-electron chi connectivity index (χ4n) is 16.7. The molecular weight excluding hydrogens is 1430 g/mol. The van der Waals surface area contributed by atoms with Crippen LogP contribution in [0, 0.1) is 27.7 Å². The quantitative estimate of drug-likeness (QED) is 0.0999. The zero-order valence-electron chi connectivity index (χ0n) is 74.5. The first-order valence-corrected chi connectivity index (χ1v) is 41.8. The number of hydrogen-bond acceptors (Lipinski definition) is 4. The molecule has 1 unspecified atom stereocenters. The molecule has 14 rings (SSSR count). The fraction of sp³-hybridized carbons (Fsp3) is 0.333. The molecule has 0 aromatic heterocycles. The van der Waals surface area contributed by atoms with Gasteiger partial charge in [-0.3, -0.25) is 0 Å². The molecule has 0 bridgehead atoms. The van der Waals surface area contributed by atoms with Gasteiger partial charge in [0, 0.05) is 56.6 Å². The Labute approximate surface area is 701 Å². The van der Waals surface area contributed by atoms with E-state index in [0.717, 1.165) is 34.1 Å². The summed E-state index contributed by atoms with van der Waals surface area (Å²) >= 11 is 7.88. The summed E-state index contributed by atoms with van der Waals surface area (Å²) in [4.78, 5) is 9.80. The van der Waals surface area contributed by atoms with Crippen molar-refractivity contribution < 1.29 is 0 Å². The molecule has 0 N–H and O–H groups in total. The van der Waals surface area contributed by atoms with E-state index in [1.54, 1.807) is 0 Å². The minimum Gasteiger partial charge on any atom is -0.311 e. The fourth-order valence-corrected chi connectivity index (χ4v) is 17.0. The molecule has 2 heterocycles. The van der Waals surface area contributed by atoms with Crippen LogP contribution in [0.5, 0.6) is 0 Å². The molecule has 0 fully saturated rings. The van der Waals surface area contributed by atoms with E-state index < -0.39 is 0 Å². The Morgan fingerprint density at radius 2 is 0.557 bits per heavy atom. The van der Waals surface area contributed by atoms with E-state index in [2.05, 4.69) is 456 Å². The maximum atomic E-state index is 7.88. The van der Waals surface area contributed by atoms with Crippen molar-refractivity contribution in [2.75, 3.05) is 19.6 Å². The third kappa shape index (κ3) is 17.5. The highest BCUT2D eigenvalue weighted by atomic mass is 35.5. The zero-order valence-corrected chi connectivity index (χ0v) is 76.7. The highest BCUT2D eigenvalue weighted by Gasteiger charge is 2.45. The highest BCUT2D eigenvalue weighted by Crippen LogP contribution is 2.53. The zero-order chi connectivity index (χ0) is 82.6. The van der Waals surface area contributed by atoms with Crippen molar-refractivity contribution in [1.29, 1.82) is 0 Å². The van der Waals surface area contributed by atoms with Crippen LogP contribution in [0.1, 0.15) is 233 Å². The Morgan fingerprint density at radius 1 is 0.261 bits per heavy atom. The monoisotopic (exact) mass is 1560 g/mol. The van der Waals surface area contributed by atoms with Crippen LogP contribution < -0.4 is 36.0 Å². The van der Waals surface area contributed by atoms with Gasteiger partial charge in [-0.1, -0.05) is 333 Å². The van der Waals surface area contributed by atoms with Crippen LogP contribution in [0.25, 0.3) is 22.3 Å². The molecular formula is C108H127BClN4P. The third-order valence-electron chi connectivity index (χ3n) is 23.4. The predicted molar refractivity (Wildman–Crippen MR) is 512 cm³/mol. The standard InChI is InChI=1S/C54H61BN2.C54H63ClN2.H3P/c1-34-28-35(2)30-36(29-34)42-31-38(52(6,7)8)20-25-45(42)57-47-27-22-40(54(12,13)14)33-44(47)55-43-32-39(53(9,10)11)21-26-46(43)56(48-16-15-17-49(57)50(48)55)41-23-18-37(19-24-41)51(3,4)5;1-36-32-37(2)34-38(33-36)46-35-42(54(12,13)14)24-31-47(46)57(45-29-22-41(23-30-45)53(9,10)11)49-17-15-16-48(50(49)55)56(43-25-18-39(19-26-43)51(3,4)5)44-27-20-40(21-28-44)52(6,7)8;/h15-33H,1-14H3;15-35H,1-14H3;1H3. The molecule has 4 nitrogen and oxygen atoms in total. The van der Waals surface area contributed by atoms with Crippen LogP contribution >= 0.6 is 21.5 Å². The molecule has 2 aliphatic rings. The Kier molecular flexibility index (Phi) is 23.1. The SMILES string of the molecule is Cc1cc(C)cc(-c2cc(C(C)(C)C)ccc2N(c2ccc(C(C)(C)C)cc2)c2cccc(N(c3ccc(C(C)(C)C)cc3)c3ccc(C(C)(C)C)cc3)c2Cl)c1.Cc1cc(C)cc(-c2cc(C(C)(C)C)ccc2N2c3ccc(C(C)(C)C)cc3B3c4cc(C(C)(C)C)ccc4N(c4ccc(C(C)(C)C)cc4)c4cccc2c43)c1.P. The molecule has 0 amide bonds. The van der Waals surface area contributed by atoms with E-state index in [9.17, 15) is 0 Å². The number of aryl methyl sites for hydroxylation is 4. The molecule has 7 heteroatoms. The average Bonchev–Trinajstić information content (AvgIpc) is 0.698. The van der Waals surface area contributed by atoms with Gasteiger partial charge in [0.15, 0.2) is 0 Å². The van der Waals surface area contributed by atoms with Crippen LogP contribution in [0.2, 0.25) is 5.02 Å². The van der Waals surface area contributed by atoms with Gasteiger partial charge in [-0.15, -0.1) is 0 Å². The van der Waals surface area contributed by atoms with Gasteiger partial charge < -0.3 is 19.6 Å². The lowest BCUT2D eigenvalue weighted by Crippen LogP contribution is -2.61. The van der Waals surface area contributed by atoms with Gasteiger partial charge in [0.1, 0.15) is 0 Å². The number of fused-ring (bicyclic) bond motifs is 4.